The predicted octanol–water partition coefficient (Wildman–Crippen LogP) is 7.39. The topological polar surface area (TPSA) is 88.2 Å². The second-order valence-corrected chi connectivity index (χ2v) is 12.0. The number of aromatic nitrogens is 4. The first-order valence-corrected chi connectivity index (χ1v) is 15.2. The van der Waals surface area contributed by atoms with Crippen molar-refractivity contribution in [3.05, 3.63) is 95.7 Å². The molecule has 44 heavy (non-hydrogen) atoms. The number of ether oxygens (including phenoxy) is 2. The van der Waals surface area contributed by atoms with Gasteiger partial charge in [0, 0.05) is 24.7 Å². The van der Waals surface area contributed by atoms with Gasteiger partial charge in [-0.05, 0) is 81.5 Å². The molecule has 0 amide bonds. The first-order chi connectivity index (χ1) is 21.1. The number of rotatable bonds is 10. The molecule has 5 rings (SSSR count). The highest BCUT2D eigenvalue weighted by Crippen LogP contribution is 2.30. The van der Waals surface area contributed by atoms with Crippen molar-refractivity contribution in [2.24, 2.45) is 0 Å². The molecule has 0 saturated heterocycles. The van der Waals surface area contributed by atoms with Gasteiger partial charge < -0.3 is 18.6 Å². The van der Waals surface area contributed by atoms with Gasteiger partial charge >= 0.3 is 11.9 Å². The van der Waals surface area contributed by atoms with Crippen LogP contribution in [0.1, 0.15) is 68.3 Å². The SMILES string of the molecule is CCCc1nc2c(C)cc(-c3cn(CC(=O)OCC)cn3)cc2n1Cc1ccc(-c2ccccc2C(=O)OC(C)(C)C)cc1. The Kier molecular flexibility index (Phi) is 8.99. The lowest BCUT2D eigenvalue weighted by atomic mass is 9.98. The minimum atomic E-state index is -0.571. The van der Waals surface area contributed by atoms with Gasteiger partial charge in [-0.15, -0.1) is 0 Å². The van der Waals surface area contributed by atoms with Gasteiger partial charge in [0.15, 0.2) is 0 Å². The number of carbonyl (C=O) groups excluding carboxylic acids is 2. The first-order valence-electron chi connectivity index (χ1n) is 15.2. The maximum absolute atomic E-state index is 12.9. The number of hydrogen-bond acceptors (Lipinski definition) is 6. The van der Waals surface area contributed by atoms with Crippen molar-refractivity contribution in [3.63, 3.8) is 0 Å². The van der Waals surface area contributed by atoms with Crippen LogP contribution in [0.2, 0.25) is 0 Å². The average Bonchev–Trinajstić information content (AvgIpc) is 3.58. The van der Waals surface area contributed by atoms with E-state index in [0.717, 1.165) is 63.2 Å². The van der Waals surface area contributed by atoms with Crippen molar-refractivity contribution in [3.8, 4) is 22.4 Å². The quantitative estimate of drug-likeness (QED) is 0.157. The lowest BCUT2D eigenvalue weighted by Gasteiger charge is -2.20. The van der Waals surface area contributed by atoms with Crippen molar-refractivity contribution in [1.29, 1.82) is 0 Å². The lowest BCUT2D eigenvalue weighted by molar-refractivity contribution is -0.143. The van der Waals surface area contributed by atoms with E-state index in [1.807, 2.05) is 51.2 Å². The number of aryl methyl sites for hydroxylation is 2. The Labute approximate surface area is 258 Å². The fourth-order valence-electron chi connectivity index (χ4n) is 5.35. The molecular weight excluding hydrogens is 552 g/mol. The minimum absolute atomic E-state index is 0.124. The van der Waals surface area contributed by atoms with Crippen molar-refractivity contribution in [2.75, 3.05) is 6.61 Å². The summed E-state index contributed by atoms with van der Waals surface area (Å²) in [4.78, 5) is 34.5. The lowest BCUT2D eigenvalue weighted by Crippen LogP contribution is -2.24. The molecule has 0 radical (unpaired) electrons. The molecule has 0 saturated carbocycles. The maximum Gasteiger partial charge on any atom is 0.339 e. The maximum atomic E-state index is 12.9. The van der Waals surface area contributed by atoms with Crippen LogP contribution in [0.3, 0.4) is 0 Å². The molecule has 3 aromatic carbocycles. The van der Waals surface area contributed by atoms with E-state index in [1.54, 1.807) is 17.8 Å². The monoisotopic (exact) mass is 592 g/mol. The zero-order chi connectivity index (χ0) is 31.4. The Hall–Kier alpha value is -4.72. The van der Waals surface area contributed by atoms with Crippen molar-refractivity contribution in [1.82, 2.24) is 19.1 Å². The summed E-state index contributed by atoms with van der Waals surface area (Å²) in [6, 6.07) is 20.1. The van der Waals surface area contributed by atoms with Crippen LogP contribution >= 0.6 is 0 Å². The number of carbonyl (C=O) groups is 2. The fraction of sp³-hybridized carbons (Fsp3) is 0.333. The van der Waals surface area contributed by atoms with Crippen LogP contribution in [0, 0.1) is 6.92 Å². The molecular formula is C36H40N4O4. The summed E-state index contributed by atoms with van der Waals surface area (Å²) in [5, 5.41) is 0. The molecule has 0 aliphatic rings. The molecule has 0 N–H and O–H groups in total. The third-order valence-corrected chi connectivity index (χ3v) is 7.29. The Morgan fingerprint density at radius 2 is 1.70 bits per heavy atom. The Morgan fingerprint density at radius 3 is 2.41 bits per heavy atom. The largest absolute Gasteiger partial charge is 0.465 e. The second-order valence-electron chi connectivity index (χ2n) is 12.0. The Balaban J connectivity index is 1.46. The number of fused-ring (bicyclic) bond motifs is 1. The van der Waals surface area contributed by atoms with Crippen LogP contribution in [0.25, 0.3) is 33.4 Å². The number of imidazole rings is 2. The Morgan fingerprint density at radius 1 is 0.955 bits per heavy atom. The molecule has 0 atom stereocenters. The molecule has 5 aromatic rings. The standard InChI is InChI=1S/C36H40N4O4/c1-7-11-32-38-34-24(3)18-27(30-21-39(23-37-30)22-33(41)43-8-2)19-31(34)40(32)20-25-14-16-26(17-15-25)28-12-9-10-13-29(28)35(42)44-36(4,5)6/h9-10,12-19,21,23H,7-8,11,20,22H2,1-6H3. The molecule has 0 unspecified atom stereocenters. The van der Waals surface area contributed by atoms with E-state index in [4.69, 9.17) is 14.5 Å². The second kappa shape index (κ2) is 12.9. The first kappa shape index (κ1) is 30.7. The van der Waals surface area contributed by atoms with Crippen LogP contribution in [0.4, 0.5) is 0 Å². The van der Waals surface area contributed by atoms with Crippen molar-refractivity contribution < 1.29 is 19.1 Å². The van der Waals surface area contributed by atoms with E-state index in [-0.39, 0.29) is 18.5 Å². The average molecular weight is 593 g/mol. The van der Waals surface area contributed by atoms with Crippen LogP contribution in [0.5, 0.6) is 0 Å². The molecule has 0 aliphatic carbocycles. The molecule has 0 aliphatic heterocycles. The van der Waals surface area contributed by atoms with E-state index in [9.17, 15) is 9.59 Å². The molecule has 8 nitrogen and oxygen atoms in total. The van der Waals surface area contributed by atoms with Crippen LogP contribution in [-0.4, -0.2) is 43.2 Å². The molecule has 0 fully saturated rings. The zero-order valence-electron chi connectivity index (χ0n) is 26.4. The minimum Gasteiger partial charge on any atom is -0.465 e. The molecule has 0 bridgehead atoms. The molecule has 2 aromatic heterocycles. The fourth-order valence-corrected chi connectivity index (χ4v) is 5.35. The summed E-state index contributed by atoms with van der Waals surface area (Å²) >= 11 is 0. The summed E-state index contributed by atoms with van der Waals surface area (Å²) in [5.41, 5.74) is 7.76. The number of benzene rings is 3. The van der Waals surface area contributed by atoms with E-state index >= 15 is 0 Å². The van der Waals surface area contributed by atoms with E-state index < -0.39 is 5.60 Å². The van der Waals surface area contributed by atoms with Crippen molar-refractivity contribution in [2.45, 2.75) is 73.1 Å². The predicted molar refractivity (Wildman–Crippen MR) is 172 cm³/mol. The summed E-state index contributed by atoms with van der Waals surface area (Å²) in [5.74, 6) is 0.419. The van der Waals surface area contributed by atoms with Gasteiger partial charge in [0.1, 0.15) is 18.0 Å². The highest BCUT2D eigenvalue weighted by molar-refractivity contribution is 5.97. The van der Waals surface area contributed by atoms with E-state index in [1.165, 1.54) is 0 Å². The summed E-state index contributed by atoms with van der Waals surface area (Å²) < 4.78 is 14.8. The summed E-state index contributed by atoms with van der Waals surface area (Å²) in [7, 11) is 0. The third kappa shape index (κ3) is 6.91. The van der Waals surface area contributed by atoms with E-state index in [0.29, 0.717) is 18.7 Å². The third-order valence-electron chi connectivity index (χ3n) is 7.29. The highest BCUT2D eigenvalue weighted by atomic mass is 16.6. The van der Waals surface area contributed by atoms with Gasteiger partial charge in [0.2, 0.25) is 0 Å². The van der Waals surface area contributed by atoms with Gasteiger partial charge in [0.25, 0.3) is 0 Å². The van der Waals surface area contributed by atoms with Crippen LogP contribution in [-0.2, 0) is 33.8 Å². The number of hydrogen-bond donors (Lipinski definition) is 0. The molecule has 0 spiro atoms. The van der Waals surface area contributed by atoms with E-state index in [2.05, 4.69) is 59.8 Å². The zero-order valence-corrected chi connectivity index (χ0v) is 26.4. The smallest absolute Gasteiger partial charge is 0.339 e. The van der Waals surface area contributed by atoms with Gasteiger partial charge in [0.05, 0.1) is 35.2 Å². The van der Waals surface area contributed by atoms with Crippen LogP contribution in [0.15, 0.2) is 73.2 Å². The molecule has 2 heterocycles. The Bertz CT molecular complexity index is 1790. The number of esters is 2. The molecule has 228 valence electrons. The van der Waals surface area contributed by atoms with Gasteiger partial charge in [-0.1, -0.05) is 49.4 Å². The van der Waals surface area contributed by atoms with Gasteiger partial charge in [-0.25, -0.2) is 14.8 Å². The summed E-state index contributed by atoms with van der Waals surface area (Å²) in [6.45, 7) is 12.8. The normalized spacial score (nSPS) is 11.6. The van der Waals surface area contributed by atoms with Gasteiger partial charge in [-0.3, -0.25) is 4.79 Å². The van der Waals surface area contributed by atoms with Crippen LogP contribution < -0.4 is 0 Å². The van der Waals surface area contributed by atoms with Crippen molar-refractivity contribution >= 4 is 23.0 Å². The highest BCUT2D eigenvalue weighted by Gasteiger charge is 2.21. The number of nitrogens with zero attached hydrogens (tertiary/aromatic N) is 4. The molecule has 8 heteroatoms. The van der Waals surface area contributed by atoms with Gasteiger partial charge in [-0.2, -0.15) is 0 Å². The summed E-state index contributed by atoms with van der Waals surface area (Å²) in [6.07, 6.45) is 5.37.